The predicted molar refractivity (Wildman–Crippen MR) is 51.0 cm³/mol. The van der Waals surface area contributed by atoms with E-state index in [9.17, 15) is 9.18 Å². The molecule has 0 saturated heterocycles. The minimum atomic E-state index is -0.867. The molecule has 2 unspecified atom stereocenters. The van der Waals surface area contributed by atoms with Crippen LogP contribution in [0.4, 0.5) is 4.39 Å². The Morgan fingerprint density at radius 2 is 2.14 bits per heavy atom. The lowest BCUT2D eigenvalue weighted by Gasteiger charge is -1.96. The molecule has 14 heavy (non-hydrogen) atoms. The number of carboxylic acid groups (broad SMARTS) is 1. The lowest BCUT2D eigenvalue weighted by molar-refractivity contribution is -0.139. The number of carboxylic acids is 1. The zero-order valence-corrected chi connectivity index (χ0v) is 8.47. The highest BCUT2D eigenvalue weighted by atomic mass is 19.1. The average molecular weight is 196 g/mol. The molecule has 1 aliphatic carbocycles. The minimum absolute atomic E-state index is 0.235. The van der Waals surface area contributed by atoms with Gasteiger partial charge in [-0.1, -0.05) is 19.8 Å². The SMILES string of the molecule is CC#CC(F)=CC1C(C(=O)O)C1(C)C. The van der Waals surface area contributed by atoms with E-state index in [1.165, 1.54) is 6.08 Å². The number of halogens is 1. The zero-order chi connectivity index (χ0) is 10.9. The fraction of sp³-hybridized carbons (Fsp3) is 0.545. The van der Waals surface area contributed by atoms with Crippen molar-refractivity contribution in [2.75, 3.05) is 0 Å². The molecule has 0 amide bonds. The third kappa shape index (κ3) is 1.79. The molecule has 3 heteroatoms. The summed E-state index contributed by atoms with van der Waals surface area (Å²) in [6.07, 6.45) is 1.31. The van der Waals surface area contributed by atoms with Crippen molar-refractivity contribution in [1.29, 1.82) is 0 Å². The summed E-state index contributed by atoms with van der Waals surface area (Å²) < 4.78 is 13.0. The van der Waals surface area contributed by atoms with E-state index >= 15 is 0 Å². The molecule has 2 nitrogen and oxygen atoms in total. The van der Waals surface area contributed by atoms with Crippen LogP contribution in [-0.2, 0) is 4.79 Å². The Labute approximate surface area is 82.8 Å². The zero-order valence-electron chi connectivity index (χ0n) is 8.47. The van der Waals surface area contributed by atoms with E-state index in [1.807, 2.05) is 13.8 Å². The van der Waals surface area contributed by atoms with Crippen LogP contribution in [0.3, 0.4) is 0 Å². The Morgan fingerprint density at radius 1 is 1.57 bits per heavy atom. The van der Waals surface area contributed by atoms with Gasteiger partial charge in [0.1, 0.15) is 0 Å². The maximum atomic E-state index is 13.0. The molecule has 76 valence electrons. The molecular weight excluding hydrogens is 183 g/mol. The first-order valence-corrected chi connectivity index (χ1v) is 4.44. The van der Waals surface area contributed by atoms with Crippen LogP contribution in [0.1, 0.15) is 20.8 Å². The molecule has 1 N–H and O–H groups in total. The Morgan fingerprint density at radius 3 is 2.50 bits per heavy atom. The van der Waals surface area contributed by atoms with Crippen molar-refractivity contribution in [3.63, 3.8) is 0 Å². The van der Waals surface area contributed by atoms with E-state index in [1.54, 1.807) is 6.92 Å². The third-order valence-corrected chi connectivity index (χ3v) is 2.75. The largest absolute Gasteiger partial charge is 0.481 e. The second kappa shape index (κ2) is 3.45. The van der Waals surface area contributed by atoms with E-state index in [4.69, 9.17) is 5.11 Å². The van der Waals surface area contributed by atoms with Gasteiger partial charge < -0.3 is 5.11 Å². The summed E-state index contributed by atoms with van der Waals surface area (Å²) in [5.74, 6) is 2.58. The summed E-state index contributed by atoms with van der Waals surface area (Å²) >= 11 is 0. The molecule has 1 fully saturated rings. The van der Waals surface area contributed by atoms with Crippen LogP contribution in [0.25, 0.3) is 0 Å². The summed E-state index contributed by atoms with van der Waals surface area (Å²) in [6.45, 7) is 5.18. The van der Waals surface area contributed by atoms with Gasteiger partial charge in [-0.2, -0.15) is 4.39 Å². The van der Waals surface area contributed by atoms with Gasteiger partial charge in [0, 0.05) is 5.92 Å². The summed E-state index contributed by atoms with van der Waals surface area (Å²) in [5.41, 5.74) is -0.349. The average Bonchev–Trinajstić information content (AvgIpc) is 2.53. The normalized spacial score (nSPS) is 29.0. The standard InChI is InChI=1S/C11H13FO2/c1-4-5-7(12)6-8-9(10(13)14)11(8,2)3/h6,8-9H,1-3H3,(H,13,14). The summed E-state index contributed by atoms with van der Waals surface area (Å²) in [5, 5.41) is 8.81. The van der Waals surface area contributed by atoms with Crippen LogP contribution in [0.15, 0.2) is 11.9 Å². The smallest absolute Gasteiger partial charge is 0.307 e. The van der Waals surface area contributed by atoms with E-state index in [0.29, 0.717) is 0 Å². The topological polar surface area (TPSA) is 37.3 Å². The first kappa shape index (κ1) is 10.8. The molecular formula is C11H13FO2. The van der Waals surface area contributed by atoms with Crippen molar-refractivity contribution < 1.29 is 14.3 Å². The minimum Gasteiger partial charge on any atom is -0.481 e. The van der Waals surface area contributed by atoms with Crippen LogP contribution in [-0.4, -0.2) is 11.1 Å². The van der Waals surface area contributed by atoms with E-state index in [-0.39, 0.29) is 11.3 Å². The summed E-state index contributed by atoms with van der Waals surface area (Å²) in [6, 6.07) is 0. The highest BCUT2D eigenvalue weighted by Crippen LogP contribution is 2.59. The van der Waals surface area contributed by atoms with Crippen molar-refractivity contribution >= 4 is 5.97 Å². The molecule has 2 atom stereocenters. The maximum Gasteiger partial charge on any atom is 0.307 e. The first-order chi connectivity index (χ1) is 6.41. The molecule has 1 rings (SSSR count). The quantitative estimate of drug-likeness (QED) is 0.687. The number of hydrogen-bond acceptors (Lipinski definition) is 1. The van der Waals surface area contributed by atoms with Crippen molar-refractivity contribution in [2.45, 2.75) is 20.8 Å². The maximum absolute atomic E-state index is 13.0. The lowest BCUT2D eigenvalue weighted by Crippen LogP contribution is -2.02. The Kier molecular flexibility index (Phi) is 2.66. The first-order valence-electron chi connectivity index (χ1n) is 4.44. The lowest BCUT2D eigenvalue weighted by atomic mass is 10.1. The molecule has 0 heterocycles. The third-order valence-electron chi connectivity index (χ3n) is 2.75. The van der Waals surface area contributed by atoms with Crippen molar-refractivity contribution in [3.8, 4) is 11.8 Å². The van der Waals surface area contributed by atoms with Gasteiger partial charge in [0.05, 0.1) is 5.92 Å². The van der Waals surface area contributed by atoms with Gasteiger partial charge in [0.25, 0.3) is 0 Å². The van der Waals surface area contributed by atoms with Crippen LogP contribution >= 0.6 is 0 Å². The Balaban J connectivity index is 2.78. The molecule has 0 bridgehead atoms. The fourth-order valence-electron chi connectivity index (χ4n) is 1.78. The monoisotopic (exact) mass is 196 g/mol. The highest BCUT2D eigenvalue weighted by Gasteiger charge is 2.61. The number of rotatable bonds is 2. The summed E-state index contributed by atoms with van der Waals surface area (Å²) in [4.78, 5) is 10.7. The van der Waals surface area contributed by atoms with E-state index in [0.717, 1.165) is 0 Å². The van der Waals surface area contributed by atoms with Crippen LogP contribution in [0.2, 0.25) is 0 Å². The number of aliphatic carboxylic acids is 1. The van der Waals surface area contributed by atoms with Gasteiger partial charge in [-0.25, -0.2) is 0 Å². The number of carbonyl (C=O) groups is 1. The van der Waals surface area contributed by atoms with Crippen LogP contribution in [0, 0.1) is 29.1 Å². The number of hydrogen-bond donors (Lipinski definition) is 1. The molecule has 1 aliphatic rings. The Hall–Kier alpha value is -1.30. The second-order valence-electron chi connectivity index (χ2n) is 4.05. The predicted octanol–water partition coefficient (Wildman–Crippen LogP) is 2.22. The number of allylic oxidation sites excluding steroid dienone is 2. The molecule has 1 saturated carbocycles. The van der Waals surface area contributed by atoms with E-state index < -0.39 is 17.7 Å². The van der Waals surface area contributed by atoms with Gasteiger partial charge >= 0.3 is 5.97 Å². The van der Waals surface area contributed by atoms with E-state index in [2.05, 4.69) is 11.8 Å². The van der Waals surface area contributed by atoms with Crippen molar-refractivity contribution in [2.24, 2.45) is 17.3 Å². The molecule has 0 aliphatic heterocycles. The molecule has 0 aromatic heterocycles. The second-order valence-corrected chi connectivity index (χ2v) is 4.05. The van der Waals surface area contributed by atoms with Gasteiger partial charge in [-0.05, 0) is 24.3 Å². The van der Waals surface area contributed by atoms with Gasteiger partial charge in [-0.3, -0.25) is 4.79 Å². The van der Waals surface area contributed by atoms with Crippen LogP contribution in [0.5, 0.6) is 0 Å². The fourth-order valence-corrected chi connectivity index (χ4v) is 1.78. The van der Waals surface area contributed by atoms with Crippen molar-refractivity contribution in [1.82, 2.24) is 0 Å². The Bertz CT molecular complexity index is 344. The van der Waals surface area contributed by atoms with Crippen LogP contribution < -0.4 is 0 Å². The van der Waals surface area contributed by atoms with Gasteiger partial charge in [0.15, 0.2) is 5.83 Å². The van der Waals surface area contributed by atoms with Gasteiger partial charge in [0.2, 0.25) is 0 Å². The van der Waals surface area contributed by atoms with Crippen molar-refractivity contribution in [3.05, 3.63) is 11.9 Å². The highest BCUT2D eigenvalue weighted by molar-refractivity contribution is 5.76. The molecule has 0 spiro atoms. The molecule has 0 radical (unpaired) electrons. The molecule has 0 aromatic carbocycles. The summed E-state index contributed by atoms with van der Waals surface area (Å²) in [7, 11) is 0. The molecule has 0 aromatic rings. The van der Waals surface area contributed by atoms with Gasteiger partial charge in [-0.15, -0.1) is 0 Å².